The average molecular weight is 277 g/mol. The molecule has 1 atom stereocenters. The first-order valence-corrected chi connectivity index (χ1v) is 7.43. The number of nitrogens with one attached hydrogen (secondary N) is 3. The van der Waals surface area contributed by atoms with Crippen molar-refractivity contribution in [2.45, 2.75) is 31.8 Å². The number of piperidine rings is 1. The molecule has 1 aromatic heterocycles. The third kappa shape index (κ3) is 3.02. The van der Waals surface area contributed by atoms with Gasteiger partial charge in [-0.05, 0) is 38.9 Å². The van der Waals surface area contributed by atoms with E-state index < -0.39 is 0 Å². The van der Waals surface area contributed by atoms with Crippen LogP contribution >= 0.6 is 0 Å². The zero-order valence-electron chi connectivity index (χ0n) is 12.0. The van der Waals surface area contributed by atoms with Crippen LogP contribution in [0, 0.1) is 5.92 Å². The lowest BCUT2D eigenvalue weighted by Crippen LogP contribution is -2.49. The van der Waals surface area contributed by atoms with Crippen molar-refractivity contribution in [2.75, 3.05) is 26.7 Å². The van der Waals surface area contributed by atoms with Crippen molar-refractivity contribution in [3.8, 4) is 0 Å². The molecule has 0 aromatic carbocycles. The number of hydrogen-bond acceptors (Lipinski definition) is 4. The van der Waals surface area contributed by atoms with E-state index in [1.165, 1.54) is 12.8 Å². The summed E-state index contributed by atoms with van der Waals surface area (Å²) < 4.78 is 0. The van der Waals surface area contributed by atoms with Gasteiger partial charge in [-0.3, -0.25) is 10.1 Å². The lowest BCUT2D eigenvalue weighted by Gasteiger charge is -2.29. The molecule has 3 heterocycles. The molecule has 0 saturated carbocycles. The number of aromatic nitrogens is 2. The number of nitrogens with zero attached hydrogens (tertiary/aromatic N) is 2. The highest BCUT2D eigenvalue weighted by Crippen LogP contribution is 2.15. The Hall–Kier alpha value is -1.40. The van der Waals surface area contributed by atoms with Gasteiger partial charge >= 0.3 is 0 Å². The van der Waals surface area contributed by atoms with E-state index in [4.69, 9.17) is 0 Å². The zero-order valence-corrected chi connectivity index (χ0v) is 12.0. The Morgan fingerprint density at radius 1 is 1.50 bits per heavy atom. The van der Waals surface area contributed by atoms with E-state index in [2.05, 4.69) is 32.5 Å². The Kier molecular flexibility index (Phi) is 4.03. The number of rotatable bonds is 3. The summed E-state index contributed by atoms with van der Waals surface area (Å²) in [5.74, 6) is 0.734. The summed E-state index contributed by atoms with van der Waals surface area (Å²) in [6, 6.07) is -0.142. The van der Waals surface area contributed by atoms with Crippen LogP contribution < -0.4 is 10.6 Å². The molecule has 110 valence electrons. The van der Waals surface area contributed by atoms with Crippen molar-refractivity contribution in [3.05, 3.63) is 17.7 Å². The number of aromatic amines is 1. The maximum atomic E-state index is 12.2. The largest absolute Gasteiger partial charge is 0.354 e. The van der Waals surface area contributed by atoms with E-state index in [0.29, 0.717) is 18.9 Å². The van der Waals surface area contributed by atoms with Crippen LogP contribution in [-0.4, -0.2) is 53.5 Å². The topological polar surface area (TPSA) is 73.0 Å². The minimum absolute atomic E-state index is 0.109. The van der Waals surface area contributed by atoms with Gasteiger partial charge in [-0.15, -0.1) is 0 Å². The molecule has 1 unspecified atom stereocenters. The molecule has 6 nitrogen and oxygen atoms in total. The van der Waals surface area contributed by atoms with Crippen molar-refractivity contribution in [3.63, 3.8) is 0 Å². The molecule has 6 heteroatoms. The van der Waals surface area contributed by atoms with Gasteiger partial charge in [-0.2, -0.15) is 0 Å². The fourth-order valence-corrected chi connectivity index (χ4v) is 2.99. The smallest absolute Gasteiger partial charge is 0.237 e. The minimum Gasteiger partial charge on any atom is -0.354 e. The van der Waals surface area contributed by atoms with Gasteiger partial charge in [0.05, 0.1) is 23.8 Å². The van der Waals surface area contributed by atoms with Gasteiger partial charge in [-0.25, -0.2) is 4.98 Å². The quantitative estimate of drug-likeness (QED) is 0.720. The van der Waals surface area contributed by atoms with Crippen LogP contribution in [0.5, 0.6) is 0 Å². The second kappa shape index (κ2) is 5.93. The van der Waals surface area contributed by atoms with Crippen LogP contribution in [0.4, 0.5) is 0 Å². The Morgan fingerprint density at radius 2 is 2.30 bits per heavy atom. The highest BCUT2D eigenvalue weighted by atomic mass is 16.2. The fourth-order valence-electron chi connectivity index (χ4n) is 2.99. The van der Waals surface area contributed by atoms with Crippen molar-refractivity contribution < 1.29 is 4.79 Å². The number of hydrogen-bond donors (Lipinski definition) is 3. The molecule has 2 aliphatic heterocycles. The Labute approximate surface area is 119 Å². The van der Waals surface area contributed by atoms with Gasteiger partial charge < -0.3 is 15.2 Å². The van der Waals surface area contributed by atoms with E-state index >= 15 is 0 Å². The summed E-state index contributed by atoms with van der Waals surface area (Å²) >= 11 is 0. The lowest BCUT2D eigenvalue weighted by atomic mass is 9.97. The van der Waals surface area contributed by atoms with Crippen molar-refractivity contribution in [1.29, 1.82) is 0 Å². The molecule has 1 saturated heterocycles. The highest BCUT2D eigenvalue weighted by Gasteiger charge is 2.26. The number of carbonyl (C=O) groups is 1. The molecular formula is C14H23N5O. The first-order valence-electron chi connectivity index (χ1n) is 7.43. The van der Waals surface area contributed by atoms with Crippen LogP contribution in [0.3, 0.4) is 0 Å². The number of H-pyrrole nitrogens is 1. The molecule has 0 bridgehead atoms. The van der Waals surface area contributed by atoms with Crippen LogP contribution in [-0.2, 0) is 17.8 Å². The lowest BCUT2D eigenvalue weighted by molar-refractivity contribution is -0.123. The number of likely N-dealkylation sites (tertiary alicyclic amines) is 1. The number of amides is 1. The summed E-state index contributed by atoms with van der Waals surface area (Å²) in [4.78, 5) is 21.9. The second-order valence-corrected chi connectivity index (χ2v) is 5.96. The number of carbonyl (C=O) groups excluding carboxylic acids is 1. The maximum absolute atomic E-state index is 12.2. The van der Waals surface area contributed by atoms with Gasteiger partial charge in [0.15, 0.2) is 0 Å². The molecule has 20 heavy (non-hydrogen) atoms. The Bertz CT molecular complexity index is 464. The normalized spacial score (nSPS) is 24.4. The second-order valence-electron chi connectivity index (χ2n) is 5.96. The van der Waals surface area contributed by atoms with Crippen LogP contribution in [0.1, 0.15) is 24.2 Å². The number of imidazole rings is 1. The zero-order chi connectivity index (χ0) is 13.9. The molecule has 1 aromatic rings. The van der Waals surface area contributed by atoms with E-state index in [1.807, 2.05) is 0 Å². The van der Waals surface area contributed by atoms with Gasteiger partial charge in [-0.1, -0.05) is 0 Å². The van der Waals surface area contributed by atoms with Gasteiger partial charge in [0, 0.05) is 19.5 Å². The van der Waals surface area contributed by atoms with Crippen molar-refractivity contribution in [1.82, 2.24) is 25.5 Å². The van der Waals surface area contributed by atoms with Crippen molar-refractivity contribution >= 4 is 5.91 Å². The maximum Gasteiger partial charge on any atom is 0.237 e. The summed E-state index contributed by atoms with van der Waals surface area (Å²) in [5.41, 5.74) is 2.12. The summed E-state index contributed by atoms with van der Waals surface area (Å²) in [6.45, 7) is 3.78. The van der Waals surface area contributed by atoms with Gasteiger partial charge in [0.1, 0.15) is 0 Å². The summed E-state index contributed by atoms with van der Waals surface area (Å²) in [6.07, 6.45) is 4.74. The minimum atomic E-state index is -0.142. The Balaban J connectivity index is 1.46. The predicted octanol–water partition coefficient (Wildman–Crippen LogP) is -0.118. The highest BCUT2D eigenvalue weighted by molar-refractivity contribution is 5.82. The molecule has 1 fully saturated rings. The molecule has 1 amide bonds. The van der Waals surface area contributed by atoms with Crippen molar-refractivity contribution in [2.24, 2.45) is 5.92 Å². The average Bonchev–Trinajstić information content (AvgIpc) is 2.93. The van der Waals surface area contributed by atoms with E-state index in [0.717, 1.165) is 31.0 Å². The molecular weight excluding hydrogens is 254 g/mol. The van der Waals surface area contributed by atoms with E-state index in [-0.39, 0.29) is 11.9 Å². The van der Waals surface area contributed by atoms with Gasteiger partial charge in [0.2, 0.25) is 5.91 Å². The molecule has 0 aliphatic carbocycles. The predicted molar refractivity (Wildman–Crippen MR) is 76.2 cm³/mol. The first-order chi connectivity index (χ1) is 9.72. The SMILES string of the molecule is CN1CCC(CNC(=O)C2Cc3nc[nH]c3CN2)CC1. The van der Waals surface area contributed by atoms with Crippen LogP contribution in [0.25, 0.3) is 0 Å². The third-order valence-electron chi connectivity index (χ3n) is 4.45. The summed E-state index contributed by atoms with van der Waals surface area (Å²) in [5, 5.41) is 6.37. The third-order valence-corrected chi connectivity index (χ3v) is 4.45. The molecule has 3 rings (SSSR count). The first kappa shape index (κ1) is 13.6. The molecule has 3 N–H and O–H groups in total. The molecule has 0 radical (unpaired) electrons. The van der Waals surface area contributed by atoms with E-state index in [1.54, 1.807) is 6.33 Å². The van der Waals surface area contributed by atoms with Crippen LogP contribution in [0.15, 0.2) is 6.33 Å². The Morgan fingerprint density at radius 3 is 3.10 bits per heavy atom. The molecule has 0 spiro atoms. The van der Waals surface area contributed by atoms with Gasteiger partial charge in [0.25, 0.3) is 0 Å². The van der Waals surface area contributed by atoms with Crippen LogP contribution in [0.2, 0.25) is 0 Å². The summed E-state index contributed by atoms with van der Waals surface area (Å²) in [7, 11) is 2.15. The fraction of sp³-hybridized carbons (Fsp3) is 0.714. The number of fused-ring (bicyclic) bond motifs is 1. The standard InChI is InChI=1S/C14H23N5O/c1-19-4-2-10(3-5-19)7-16-14(20)12-6-11-13(8-15-12)18-9-17-11/h9-10,12,15H,2-8H2,1H3,(H,16,20)(H,17,18). The molecule has 2 aliphatic rings. The monoisotopic (exact) mass is 277 g/mol. The van der Waals surface area contributed by atoms with E-state index in [9.17, 15) is 4.79 Å².